The van der Waals surface area contributed by atoms with E-state index in [-0.39, 0.29) is 24.1 Å². The molecule has 1 aromatic heterocycles. The van der Waals surface area contributed by atoms with E-state index in [0.29, 0.717) is 19.6 Å². The second kappa shape index (κ2) is 6.69. The van der Waals surface area contributed by atoms with Gasteiger partial charge in [0, 0.05) is 32.7 Å². The van der Waals surface area contributed by atoms with Gasteiger partial charge in [-0.25, -0.2) is 13.8 Å². The first-order chi connectivity index (χ1) is 10.0. The number of nitrogens with one attached hydrogen (secondary N) is 1. The standard InChI is InChI=1S/C14H20F2N4O/c1-3-5-17-13-10(15)8-11(16)14(18-13)20-7-4-6-19(2)12(21)9-20/h8H,3-7,9H2,1-2H3,(H,17,18). The highest BCUT2D eigenvalue weighted by Gasteiger charge is 2.23. The molecule has 5 nitrogen and oxygen atoms in total. The Hall–Kier alpha value is -1.92. The summed E-state index contributed by atoms with van der Waals surface area (Å²) in [7, 11) is 1.72. The fourth-order valence-corrected chi connectivity index (χ4v) is 2.21. The minimum absolute atomic E-state index is 0.0262. The molecular formula is C14H20F2N4O. The maximum Gasteiger partial charge on any atom is 0.241 e. The number of hydrogen-bond acceptors (Lipinski definition) is 4. The Morgan fingerprint density at radius 2 is 2.10 bits per heavy atom. The average molecular weight is 298 g/mol. The van der Waals surface area contributed by atoms with E-state index in [4.69, 9.17) is 0 Å². The molecule has 7 heteroatoms. The first kappa shape index (κ1) is 15.5. The van der Waals surface area contributed by atoms with Crippen molar-refractivity contribution in [3.05, 3.63) is 17.7 Å². The number of rotatable bonds is 4. The summed E-state index contributed by atoms with van der Waals surface area (Å²) in [6.45, 7) is 3.69. The number of amides is 1. The lowest BCUT2D eigenvalue weighted by Gasteiger charge is -2.22. The fraction of sp³-hybridized carbons (Fsp3) is 0.571. The smallest absolute Gasteiger partial charge is 0.241 e. The van der Waals surface area contributed by atoms with E-state index in [0.717, 1.165) is 18.9 Å². The first-order valence-corrected chi connectivity index (χ1v) is 7.11. The summed E-state index contributed by atoms with van der Waals surface area (Å²) in [6.07, 6.45) is 1.53. The molecule has 0 saturated carbocycles. The van der Waals surface area contributed by atoms with Crippen molar-refractivity contribution in [3.8, 4) is 0 Å². The lowest BCUT2D eigenvalue weighted by atomic mass is 10.3. The Morgan fingerprint density at radius 3 is 2.81 bits per heavy atom. The number of pyridine rings is 1. The van der Waals surface area contributed by atoms with Crippen LogP contribution >= 0.6 is 0 Å². The Morgan fingerprint density at radius 1 is 1.33 bits per heavy atom. The van der Waals surface area contributed by atoms with E-state index < -0.39 is 11.6 Å². The van der Waals surface area contributed by atoms with Gasteiger partial charge in [0.25, 0.3) is 0 Å². The average Bonchev–Trinajstić information content (AvgIpc) is 2.60. The summed E-state index contributed by atoms with van der Waals surface area (Å²) in [4.78, 5) is 19.1. The van der Waals surface area contributed by atoms with E-state index in [2.05, 4.69) is 10.3 Å². The van der Waals surface area contributed by atoms with Gasteiger partial charge in [-0.05, 0) is 12.8 Å². The minimum Gasteiger partial charge on any atom is -0.368 e. The molecule has 1 aliphatic rings. The van der Waals surface area contributed by atoms with E-state index in [1.165, 1.54) is 0 Å². The normalized spacial score (nSPS) is 16.1. The van der Waals surface area contributed by atoms with Crippen LogP contribution in [0.25, 0.3) is 0 Å². The highest BCUT2D eigenvalue weighted by Crippen LogP contribution is 2.23. The molecule has 0 atom stereocenters. The topological polar surface area (TPSA) is 48.5 Å². The number of carbonyl (C=O) groups excluding carboxylic acids is 1. The van der Waals surface area contributed by atoms with Crippen LogP contribution in [0, 0.1) is 11.6 Å². The van der Waals surface area contributed by atoms with Crippen LogP contribution in [0.5, 0.6) is 0 Å². The monoisotopic (exact) mass is 298 g/mol. The Labute approximate surface area is 122 Å². The van der Waals surface area contributed by atoms with Gasteiger partial charge in [0.15, 0.2) is 23.3 Å². The van der Waals surface area contributed by atoms with Gasteiger partial charge in [-0.2, -0.15) is 0 Å². The highest BCUT2D eigenvalue weighted by atomic mass is 19.1. The fourth-order valence-electron chi connectivity index (χ4n) is 2.21. The summed E-state index contributed by atoms with van der Waals surface area (Å²) < 4.78 is 27.7. The quantitative estimate of drug-likeness (QED) is 0.921. The van der Waals surface area contributed by atoms with E-state index in [1.54, 1.807) is 16.8 Å². The molecule has 1 saturated heterocycles. The lowest BCUT2D eigenvalue weighted by molar-refractivity contribution is -0.127. The number of anilines is 2. The number of carbonyl (C=O) groups is 1. The lowest BCUT2D eigenvalue weighted by Crippen LogP contribution is -2.35. The molecule has 1 aliphatic heterocycles. The summed E-state index contributed by atoms with van der Waals surface area (Å²) >= 11 is 0. The Bertz CT molecular complexity index is 524. The molecule has 1 N–H and O–H groups in total. The van der Waals surface area contributed by atoms with E-state index >= 15 is 0 Å². The van der Waals surface area contributed by atoms with Gasteiger partial charge in [-0.1, -0.05) is 6.92 Å². The van der Waals surface area contributed by atoms with Crippen molar-refractivity contribution < 1.29 is 13.6 Å². The zero-order valence-corrected chi connectivity index (χ0v) is 12.3. The third-order valence-corrected chi connectivity index (χ3v) is 3.43. The molecule has 0 bridgehead atoms. The molecule has 1 amide bonds. The van der Waals surface area contributed by atoms with Gasteiger partial charge < -0.3 is 15.1 Å². The number of hydrogen-bond donors (Lipinski definition) is 1. The minimum atomic E-state index is -0.744. The summed E-state index contributed by atoms with van der Waals surface area (Å²) in [5.41, 5.74) is 0. The van der Waals surface area contributed by atoms with Crippen LogP contribution in [0.2, 0.25) is 0 Å². The molecule has 0 unspecified atom stereocenters. The van der Waals surface area contributed by atoms with Gasteiger partial charge >= 0.3 is 0 Å². The summed E-state index contributed by atoms with van der Waals surface area (Å²) in [6, 6.07) is 0.819. The van der Waals surface area contributed by atoms with Crippen molar-refractivity contribution in [3.63, 3.8) is 0 Å². The first-order valence-electron chi connectivity index (χ1n) is 7.11. The van der Waals surface area contributed by atoms with Crippen molar-refractivity contribution in [1.82, 2.24) is 9.88 Å². The largest absolute Gasteiger partial charge is 0.368 e. The second-order valence-electron chi connectivity index (χ2n) is 5.14. The van der Waals surface area contributed by atoms with Crippen LogP contribution < -0.4 is 10.2 Å². The van der Waals surface area contributed by atoms with Crippen LogP contribution in [-0.4, -0.2) is 49.0 Å². The van der Waals surface area contributed by atoms with Crippen LogP contribution in [0.1, 0.15) is 19.8 Å². The molecule has 0 aromatic carbocycles. The Kier molecular flexibility index (Phi) is 4.93. The molecule has 2 rings (SSSR count). The highest BCUT2D eigenvalue weighted by molar-refractivity contribution is 5.81. The second-order valence-corrected chi connectivity index (χ2v) is 5.14. The van der Waals surface area contributed by atoms with Gasteiger partial charge in [0.1, 0.15) is 0 Å². The van der Waals surface area contributed by atoms with Crippen LogP contribution in [0.4, 0.5) is 20.4 Å². The zero-order chi connectivity index (χ0) is 15.4. The molecule has 1 aromatic rings. The maximum atomic E-state index is 14.0. The summed E-state index contributed by atoms with van der Waals surface area (Å²) in [5, 5.41) is 2.83. The third-order valence-electron chi connectivity index (χ3n) is 3.43. The predicted octanol–water partition coefficient (Wildman–Crippen LogP) is 1.85. The maximum absolute atomic E-state index is 14.0. The van der Waals surface area contributed by atoms with Crippen LogP contribution in [0.3, 0.4) is 0 Å². The van der Waals surface area contributed by atoms with Gasteiger partial charge in [0.2, 0.25) is 5.91 Å². The van der Waals surface area contributed by atoms with Gasteiger partial charge in [-0.3, -0.25) is 4.79 Å². The van der Waals surface area contributed by atoms with E-state index in [1.807, 2.05) is 6.92 Å². The number of aromatic nitrogens is 1. The molecule has 2 heterocycles. The van der Waals surface area contributed by atoms with E-state index in [9.17, 15) is 13.6 Å². The predicted molar refractivity (Wildman–Crippen MR) is 77.4 cm³/mol. The molecule has 0 spiro atoms. The van der Waals surface area contributed by atoms with Crippen LogP contribution in [0.15, 0.2) is 6.07 Å². The SMILES string of the molecule is CCCNc1nc(N2CCCN(C)C(=O)C2)c(F)cc1F. The molecule has 21 heavy (non-hydrogen) atoms. The molecule has 0 aliphatic carbocycles. The number of nitrogens with zero attached hydrogens (tertiary/aromatic N) is 3. The third kappa shape index (κ3) is 3.59. The number of halogens is 2. The zero-order valence-electron chi connectivity index (χ0n) is 12.3. The van der Waals surface area contributed by atoms with Crippen molar-refractivity contribution in [1.29, 1.82) is 0 Å². The van der Waals surface area contributed by atoms with Crippen molar-refractivity contribution in [2.45, 2.75) is 19.8 Å². The molecule has 0 radical (unpaired) electrons. The van der Waals surface area contributed by atoms with Crippen molar-refractivity contribution in [2.75, 3.05) is 43.4 Å². The van der Waals surface area contributed by atoms with Gasteiger partial charge in [0.05, 0.1) is 6.54 Å². The molecular weight excluding hydrogens is 278 g/mol. The van der Waals surface area contributed by atoms with Gasteiger partial charge in [-0.15, -0.1) is 0 Å². The number of likely N-dealkylation sites (N-methyl/N-ethyl adjacent to an activating group) is 1. The summed E-state index contributed by atoms with van der Waals surface area (Å²) in [5.74, 6) is -1.51. The van der Waals surface area contributed by atoms with Crippen LogP contribution in [-0.2, 0) is 4.79 Å². The van der Waals surface area contributed by atoms with Crippen molar-refractivity contribution in [2.24, 2.45) is 0 Å². The van der Waals surface area contributed by atoms with Crippen molar-refractivity contribution >= 4 is 17.5 Å². The molecule has 116 valence electrons. The Balaban J connectivity index is 2.27. The molecule has 1 fully saturated rings.